The molecule has 1 unspecified atom stereocenters. The topological polar surface area (TPSA) is 40.5 Å². The van der Waals surface area contributed by atoms with Crippen molar-refractivity contribution in [1.82, 2.24) is 0 Å². The molecule has 0 spiro atoms. The zero-order chi connectivity index (χ0) is 13.9. The lowest BCUT2D eigenvalue weighted by Crippen LogP contribution is -2.43. The van der Waals surface area contributed by atoms with E-state index in [-0.39, 0.29) is 35.5 Å². The molecular weight excluding hydrogens is 375 g/mol. The highest BCUT2D eigenvalue weighted by atomic mass is 127. The van der Waals surface area contributed by atoms with Crippen LogP contribution in [0, 0.1) is 17.3 Å². The van der Waals surface area contributed by atoms with Crippen LogP contribution in [0.5, 0.6) is 5.75 Å². The van der Waals surface area contributed by atoms with Gasteiger partial charge in [-0.25, -0.2) is 0 Å². The van der Waals surface area contributed by atoms with Gasteiger partial charge in [-0.1, -0.05) is 13.0 Å². The van der Waals surface area contributed by atoms with E-state index in [1.54, 1.807) is 0 Å². The number of hydrogen-bond acceptors (Lipinski definition) is 2. The number of fused-ring (bicyclic) bond motifs is 5. The third-order valence-electron chi connectivity index (χ3n) is 6.66. The molecule has 4 rings (SSSR count). The van der Waals surface area contributed by atoms with Crippen LogP contribution in [0.15, 0.2) is 18.2 Å². The molecule has 21 heavy (non-hydrogen) atoms. The predicted octanol–water partition coefficient (Wildman–Crippen LogP) is 4.23. The maximum atomic E-state index is 10.4. The molecule has 0 heterocycles. The highest BCUT2D eigenvalue weighted by Gasteiger charge is 2.54. The summed E-state index contributed by atoms with van der Waals surface area (Å²) >= 11 is 0. The maximum absolute atomic E-state index is 10.4. The summed E-state index contributed by atoms with van der Waals surface area (Å²) < 4.78 is 0. The lowest BCUT2D eigenvalue weighted by Gasteiger charge is -2.50. The van der Waals surface area contributed by atoms with Gasteiger partial charge in [0.05, 0.1) is 6.10 Å². The van der Waals surface area contributed by atoms with Crippen LogP contribution in [-0.2, 0) is 6.42 Å². The van der Waals surface area contributed by atoms with Crippen LogP contribution in [-0.4, -0.2) is 16.3 Å². The average molecular weight is 400 g/mol. The summed E-state index contributed by atoms with van der Waals surface area (Å²) in [4.78, 5) is 0. The number of hydrogen-bond donors (Lipinski definition) is 2. The molecule has 3 aliphatic carbocycles. The van der Waals surface area contributed by atoms with E-state index in [9.17, 15) is 10.2 Å². The quantitative estimate of drug-likeness (QED) is 0.640. The standard InChI is InChI=1S/C18H24O2.HI/c1-18-9-8-14-13-5-3-12(19)10-11(13)2-4-15(14)16(18)6-7-17(18)20;/h3,5,10,14-17,19-20H,2,4,6-9H2,1H3;1H/t14-,15-,16+,17?,18+;/m1./s1. The van der Waals surface area contributed by atoms with Gasteiger partial charge in [-0.15, -0.1) is 24.0 Å². The number of aliphatic hydroxyl groups is 1. The number of phenols is 1. The Bertz CT molecular complexity index is 544. The van der Waals surface area contributed by atoms with Crippen molar-refractivity contribution in [2.24, 2.45) is 17.3 Å². The fourth-order valence-corrected chi connectivity index (χ4v) is 5.54. The van der Waals surface area contributed by atoms with Gasteiger partial charge in [-0.3, -0.25) is 0 Å². The van der Waals surface area contributed by atoms with Gasteiger partial charge in [0.2, 0.25) is 0 Å². The lowest BCUT2D eigenvalue weighted by atomic mass is 9.55. The van der Waals surface area contributed by atoms with Gasteiger partial charge in [0.15, 0.2) is 0 Å². The minimum absolute atomic E-state index is 0. The maximum Gasteiger partial charge on any atom is 0.115 e. The fraction of sp³-hybridized carbons (Fsp3) is 0.667. The molecule has 0 amide bonds. The Labute approximate surface area is 144 Å². The first kappa shape index (κ1) is 15.6. The number of aliphatic hydroxyl groups excluding tert-OH is 1. The molecule has 2 saturated carbocycles. The van der Waals surface area contributed by atoms with Gasteiger partial charge in [0.25, 0.3) is 0 Å². The predicted molar refractivity (Wildman–Crippen MR) is 94.1 cm³/mol. The molecule has 0 aromatic heterocycles. The average Bonchev–Trinajstić information content (AvgIpc) is 2.74. The van der Waals surface area contributed by atoms with Crippen molar-refractivity contribution in [2.75, 3.05) is 0 Å². The van der Waals surface area contributed by atoms with Crippen LogP contribution in [0.3, 0.4) is 0 Å². The first-order chi connectivity index (χ1) is 9.59. The van der Waals surface area contributed by atoms with Gasteiger partial charge in [-0.05, 0) is 85.0 Å². The molecular formula is C18H25IO2. The van der Waals surface area contributed by atoms with Crippen molar-refractivity contribution in [3.8, 4) is 5.75 Å². The number of aryl methyl sites for hydroxylation is 1. The highest BCUT2D eigenvalue weighted by molar-refractivity contribution is 14.0. The second kappa shape index (κ2) is 5.41. The Morgan fingerprint density at radius 3 is 2.76 bits per heavy atom. The Hall–Kier alpha value is -0.290. The first-order valence-corrected chi connectivity index (χ1v) is 8.09. The van der Waals surface area contributed by atoms with Gasteiger partial charge < -0.3 is 10.2 Å². The van der Waals surface area contributed by atoms with Crippen LogP contribution in [0.25, 0.3) is 0 Å². The van der Waals surface area contributed by atoms with Crippen LogP contribution in [0.4, 0.5) is 0 Å². The Balaban J connectivity index is 0.00000132. The minimum Gasteiger partial charge on any atom is -0.508 e. The molecule has 0 radical (unpaired) electrons. The number of phenolic OH excluding ortho intramolecular Hbond substituents is 1. The van der Waals surface area contributed by atoms with Gasteiger partial charge in [0.1, 0.15) is 5.75 Å². The fourth-order valence-electron chi connectivity index (χ4n) is 5.54. The number of rotatable bonds is 0. The molecule has 0 saturated heterocycles. The Morgan fingerprint density at radius 2 is 1.95 bits per heavy atom. The summed E-state index contributed by atoms with van der Waals surface area (Å²) in [5, 5.41) is 20.0. The van der Waals surface area contributed by atoms with Crippen LogP contribution in [0.1, 0.15) is 56.1 Å². The van der Waals surface area contributed by atoms with Crippen molar-refractivity contribution in [1.29, 1.82) is 0 Å². The van der Waals surface area contributed by atoms with Gasteiger partial charge in [-0.2, -0.15) is 0 Å². The summed E-state index contributed by atoms with van der Waals surface area (Å²) in [7, 11) is 0. The number of halogens is 1. The molecule has 2 fully saturated rings. The van der Waals surface area contributed by atoms with Crippen molar-refractivity contribution in [3.63, 3.8) is 0 Å². The lowest BCUT2D eigenvalue weighted by molar-refractivity contribution is -0.0226. The Kier molecular flexibility index (Phi) is 4.02. The van der Waals surface area contributed by atoms with Crippen molar-refractivity contribution in [3.05, 3.63) is 29.3 Å². The summed E-state index contributed by atoms with van der Waals surface area (Å²) in [6.07, 6.45) is 6.78. The van der Waals surface area contributed by atoms with Crippen molar-refractivity contribution < 1.29 is 10.2 Å². The van der Waals surface area contributed by atoms with E-state index in [1.807, 2.05) is 12.1 Å². The van der Waals surface area contributed by atoms with Crippen molar-refractivity contribution >= 4 is 24.0 Å². The van der Waals surface area contributed by atoms with E-state index < -0.39 is 0 Å². The molecule has 0 aliphatic heterocycles. The molecule has 3 heteroatoms. The zero-order valence-corrected chi connectivity index (χ0v) is 14.9. The normalized spacial score (nSPS) is 40.7. The molecule has 1 aromatic carbocycles. The van der Waals surface area contributed by atoms with Crippen molar-refractivity contribution in [2.45, 2.75) is 57.5 Å². The second-order valence-electron chi connectivity index (χ2n) is 7.44. The summed E-state index contributed by atoms with van der Waals surface area (Å²) in [6, 6.07) is 5.96. The third kappa shape index (κ3) is 2.23. The van der Waals surface area contributed by atoms with E-state index >= 15 is 0 Å². The third-order valence-corrected chi connectivity index (χ3v) is 6.66. The monoisotopic (exact) mass is 400 g/mol. The molecule has 2 N–H and O–H groups in total. The summed E-state index contributed by atoms with van der Waals surface area (Å²) in [5.41, 5.74) is 2.99. The van der Waals surface area contributed by atoms with Gasteiger partial charge in [0, 0.05) is 0 Å². The van der Waals surface area contributed by atoms with Crippen LogP contribution in [0.2, 0.25) is 0 Å². The smallest absolute Gasteiger partial charge is 0.115 e. The largest absolute Gasteiger partial charge is 0.508 e. The molecule has 0 bridgehead atoms. The highest BCUT2D eigenvalue weighted by Crippen LogP contribution is 2.60. The van der Waals surface area contributed by atoms with Crippen LogP contribution >= 0.6 is 24.0 Å². The minimum atomic E-state index is -0.0883. The zero-order valence-electron chi connectivity index (χ0n) is 12.6. The SMILES string of the molecule is C[C@]12CC[C@@H]3c4ccc(O)cc4CC[C@H]3[C@@H]1CCC2O.I. The van der Waals surface area contributed by atoms with E-state index in [4.69, 9.17) is 0 Å². The molecule has 2 nitrogen and oxygen atoms in total. The second-order valence-corrected chi connectivity index (χ2v) is 7.44. The molecule has 116 valence electrons. The molecule has 3 aliphatic rings. The van der Waals surface area contributed by atoms with Crippen LogP contribution < -0.4 is 0 Å². The van der Waals surface area contributed by atoms with E-state index in [2.05, 4.69) is 13.0 Å². The van der Waals surface area contributed by atoms with E-state index in [0.717, 1.165) is 25.2 Å². The Morgan fingerprint density at radius 1 is 1.14 bits per heavy atom. The van der Waals surface area contributed by atoms with Gasteiger partial charge >= 0.3 is 0 Å². The molecule has 1 aromatic rings. The van der Waals surface area contributed by atoms with E-state index in [0.29, 0.717) is 17.6 Å². The number of aromatic hydroxyl groups is 1. The summed E-state index contributed by atoms with van der Waals surface area (Å²) in [5.74, 6) is 2.49. The summed E-state index contributed by atoms with van der Waals surface area (Å²) in [6.45, 7) is 2.32. The first-order valence-electron chi connectivity index (χ1n) is 8.09. The number of benzene rings is 1. The van der Waals surface area contributed by atoms with E-state index in [1.165, 1.54) is 30.4 Å². The molecule has 5 atom stereocenters.